The minimum atomic E-state index is -0.824. The Labute approximate surface area is 159 Å². The van der Waals surface area contributed by atoms with E-state index in [1.807, 2.05) is 51.1 Å². The number of rotatable bonds is 4. The molecule has 4 rings (SSSR count). The zero-order valence-corrected chi connectivity index (χ0v) is 16.4. The van der Waals surface area contributed by atoms with Crippen molar-refractivity contribution >= 4 is 17.6 Å². The summed E-state index contributed by atoms with van der Waals surface area (Å²) >= 11 is 0. The highest BCUT2D eigenvalue weighted by Crippen LogP contribution is 2.38. The minimum absolute atomic E-state index is 0.0657. The molecule has 1 aliphatic heterocycles. The summed E-state index contributed by atoms with van der Waals surface area (Å²) in [5.41, 5.74) is 4.64. The van der Waals surface area contributed by atoms with Gasteiger partial charge in [0, 0.05) is 29.2 Å². The summed E-state index contributed by atoms with van der Waals surface area (Å²) in [6, 6.07) is 10.4. The van der Waals surface area contributed by atoms with Crippen molar-refractivity contribution in [3.63, 3.8) is 0 Å². The molecular formula is C22H26N2O3. The Morgan fingerprint density at radius 1 is 1.19 bits per heavy atom. The third-order valence-electron chi connectivity index (χ3n) is 5.69. The average molecular weight is 366 g/mol. The van der Waals surface area contributed by atoms with Crippen molar-refractivity contribution in [2.45, 2.75) is 65.1 Å². The van der Waals surface area contributed by atoms with Gasteiger partial charge in [0.1, 0.15) is 0 Å². The zero-order valence-electron chi connectivity index (χ0n) is 16.4. The lowest BCUT2D eigenvalue weighted by molar-refractivity contribution is -0.126. The lowest BCUT2D eigenvalue weighted by Gasteiger charge is -2.26. The summed E-state index contributed by atoms with van der Waals surface area (Å²) < 4.78 is 7.79. The number of aromatic nitrogens is 1. The van der Waals surface area contributed by atoms with Crippen molar-refractivity contribution in [2.75, 3.05) is 4.90 Å². The Morgan fingerprint density at radius 3 is 2.59 bits per heavy atom. The first-order chi connectivity index (χ1) is 12.9. The fraction of sp³-hybridized carbons (Fsp3) is 0.455. The lowest BCUT2D eigenvalue weighted by Crippen LogP contribution is -2.43. The van der Waals surface area contributed by atoms with Crippen LogP contribution in [-0.2, 0) is 16.0 Å². The molecule has 0 spiro atoms. The average Bonchev–Trinajstić information content (AvgIpc) is 3.33. The van der Waals surface area contributed by atoms with Crippen molar-refractivity contribution in [1.82, 2.24) is 4.57 Å². The molecule has 2 heterocycles. The fourth-order valence-electron chi connectivity index (χ4n) is 4.25. The number of fused-ring (bicyclic) bond motifs is 1. The van der Waals surface area contributed by atoms with Gasteiger partial charge in [0.25, 0.3) is 5.91 Å². The molecule has 5 heteroatoms. The van der Waals surface area contributed by atoms with Crippen LogP contribution in [0.3, 0.4) is 0 Å². The van der Waals surface area contributed by atoms with E-state index in [0.29, 0.717) is 11.6 Å². The summed E-state index contributed by atoms with van der Waals surface area (Å²) in [7, 11) is 0. The van der Waals surface area contributed by atoms with Crippen LogP contribution in [0.5, 0.6) is 0 Å². The normalized spacial score (nSPS) is 19.7. The number of ether oxygens (including phenoxy) is 1. The van der Waals surface area contributed by atoms with Crippen LogP contribution in [0, 0.1) is 13.8 Å². The van der Waals surface area contributed by atoms with E-state index in [9.17, 15) is 9.59 Å². The maximum atomic E-state index is 13.0. The molecule has 0 bridgehead atoms. The number of amides is 1. The quantitative estimate of drug-likeness (QED) is 0.770. The van der Waals surface area contributed by atoms with Crippen molar-refractivity contribution < 1.29 is 14.3 Å². The van der Waals surface area contributed by atoms with Crippen LogP contribution < -0.4 is 4.90 Å². The monoisotopic (exact) mass is 366 g/mol. The Bertz CT molecular complexity index is 910. The molecule has 27 heavy (non-hydrogen) atoms. The number of carbonyl (C=O) groups is 2. The van der Waals surface area contributed by atoms with Gasteiger partial charge in [-0.3, -0.25) is 4.79 Å². The van der Waals surface area contributed by atoms with E-state index in [0.717, 1.165) is 41.9 Å². The van der Waals surface area contributed by atoms with Gasteiger partial charge in [-0.05, 0) is 64.7 Å². The molecule has 142 valence electrons. The predicted octanol–water partition coefficient (Wildman–Crippen LogP) is 3.96. The molecule has 0 N–H and O–H groups in total. The molecule has 1 aromatic heterocycles. The zero-order chi connectivity index (χ0) is 19.3. The van der Waals surface area contributed by atoms with Gasteiger partial charge in [0.15, 0.2) is 6.10 Å². The van der Waals surface area contributed by atoms with E-state index in [2.05, 4.69) is 4.57 Å². The Hall–Kier alpha value is -2.56. The largest absolute Gasteiger partial charge is 0.449 e. The molecule has 5 nitrogen and oxygen atoms in total. The van der Waals surface area contributed by atoms with Crippen LogP contribution in [0.2, 0.25) is 0 Å². The molecule has 0 radical (unpaired) electrons. The highest BCUT2D eigenvalue weighted by atomic mass is 16.5. The van der Waals surface area contributed by atoms with Crippen molar-refractivity contribution in [1.29, 1.82) is 0 Å². The molecule has 0 unspecified atom stereocenters. The molecule has 1 saturated carbocycles. The maximum Gasteiger partial charge on any atom is 0.340 e. The number of para-hydroxylation sites is 1. The van der Waals surface area contributed by atoms with E-state index in [-0.39, 0.29) is 11.9 Å². The predicted molar refractivity (Wildman–Crippen MR) is 104 cm³/mol. The Morgan fingerprint density at radius 2 is 1.89 bits per heavy atom. The second kappa shape index (κ2) is 6.55. The van der Waals surface area contributed by atoms with Crippen LogP contribution in [-0.4, -0.2) is 28.6 Å². The van der Waals surface area contributed by atoms with Crippen LogP contribution in [0.15, 0.2) is 30.3 Å². The maximum absolute atomic E-state index is 13.0. The SMILES string of the molecule is Cc1cc(C(=O)O[C@@H](C)C(=O)N2c3ccccc3C[C@@H]2C)c(C)n1C1CC1. The smallest absolute Gasteiger partial charge is 0.340 e. The van der Waals surface area contributed by atoms with Gasteiger partial charge >= 0.3 is 5.97 Å². The summed E-state index contributed by atoms with van der Waals surface area (Å²) in [4.78, 5) is 27.5. The van der Waals surface area contributed by atoms with Crippen LogP contribution in [0.4, 0.5) is 5.69 Å². The van der Waals surface area contributed by atoms with Crippen LogP contribution >= 0.6 is 0 Å². The second-order valence-electron chi connectivity index (χ2n) is 7.82. The minimum Gasteiger partial charge on any atom is -0.449 e. The number of benzene rings is 1. The summed E-state index contributed by atoms with van der Waals surface area (Å²) in [5.74, 6) is -0.590. The van der Waals surface area contributed by atoms with Crippen LogP contribution in [0.25, 0.3) is 0 Å². The Balaban J connectivity index is 1.51. The van der Waals surface area contributed by atoms with E-state index in [4.69, 9.17) is 4.74 Å². The molecule has 2 aromatic rings. The van der Waals surface area contributed by atoms with E-state index in [1.54, 1.807) is 11.8 Å². The number of esters is 1. The molecule has 0 saturated heterocycles. The highest BCUT2D eigenvalue weighted by Gasteiger charge is 2.35. The summed E-state index contributed by atoms with van der Waals surface area (Å²) in [6.07, 6.45) is 2.32. The third kappa shape index (κ3) is 3.05. The number of anilines is 1. The van der Waals surface area contributed by atoms with Gasteiger partial charge in [-0.15, -0.1) is 0 Å². The topological polar surface area (TPSA) is 51.5 Å². The first-order valence-electron chi connectivity index (χ1n) is 9.69. The highest BCUT2D eigenvalue weighted by molar-refractivity contribution is 6.01. The van der Waals surface area contributed by atoms with Gasteiger partial charge in [-0.1, -0.05) is 18.2 Å². The van der Waals surface area contributed by atoms with Crippen molar-refractivity contribution in [2.24, 2.45) is 0 Å². The molecule has 2 atom stereocenters. The van der Waals surface area contributed by atoms with Gasteiger partial charge in [-0.2, -0.15) is 0 Å². The summed E-state index contributed by atoms with van der Waals surface area (Å²) in [5, 5.41) is 0. The van der Waals surface area contributed by atoms with E-state index >= 15 is 0 Å². The van der Waals surface area contributed by atoms with Crippen molar-refractivity contribution in [3.8, 4) is 0 Å². The molecular weight excluding hydrogens is 340 g/mol. The number of hydrogen-bond acceptors (Lipinski definition) is 3. The molecule has 1 aromatic carbocycles. The first kappa shape index (κ1) is 17.8. The van der Waals surface area contributed by atoms with Gasteiger partial charge < -0.3 is 14.2 Å². The van der Waals surface area contributed by atoms with Gasteiger partial charge in [0.2, 0.25) is 0 Å². The van der Waals surface area contributed by atoms with Gasteiger partial charge in [0.05, 0.1) is 5.56 Å². The molecule has 1 aliphatic carbocycles. The van der Waals surface area contributed by atoms with Gasteiger partial charge in [-0.25, -0.2) is 4.79 Å². The van der Waals surface area contributed by atoms with Crippen molar-refractivity contribution in [3.05, 3.63) is 52.8 Å². The summed E-state index contributed by atoms with van der Waals surface area (Å²) in [6.45, 7) is 7.65. The number of nitrogens with zero attached hydrogens (tertiary/aromatic N) is 2. The number of carbonyl (C=O) groups excluding carboxylic acids is 2. The number of aryl methyl sites for hydroxylation is 1. The second-order valence-corrected chi connectivity index (χ2v) is 7.82. The van der Waals surface area contributed by atoms with Crippen LogP contribution in [0.1, 0.15) is 60.0 Å². The first-order valence-corrected chi connectivity index (χ1v) is 9.69. The molecule has 2 aliphatic rings. The number of hydrogen-bond donors (Lipinski definition) is 0. The molecule has 1 fully saturated rings. The third-order valence-corrected chi connectivity index (χ3v) is 5.69. The lowest BCUT2D eigenvalue weighted by atomic mass is 10.1. The standard InChI is InChI=1S/C22H26N2O3/c1-13-11-17-7-5-6-8-20(17)24(13)21(25)16(4)27-22(26)19-12-14(2)23(15(19)3)18-9-10-18/h5-8,12-13,16,18H,9-11H2,1-4H3/t13-,16-/m0/s1. The fourth-order valence-corrected chi connectivity index (χ4v) is 4.25. The van der Waals surface area contributed by atoms with E-state index < -0.39 is 12.1 Å². The molecule has 1 amide bonds. The van der Waals surface area contributed by atoms with E-state index in [1.165, 1.54) is 0 Å². The Kier molecular flexibility index (Phi) is 4.33.